The number of nitrogens with one attached hydrogen (secondary N) is 2. The number of hydrogen-bond acceptors (Lipinski definition) is 6. The summed E-state index contributed by atoms with van der Waals surface area (Å²) in [5, 5.41) is 6.01. The normalized spacial score (nSPS) is 16.8. The minimum Gasteiger partial charge on any atom is -0.336 e. The predicted molar refractivity (Wildman–Crippen MR) is 122 cm³/mol. The van der Waals surface area contributed by atoms with Crippen LogP contribution < -0.4 is 10.6 Å². The van der Waals surface area contributed by atoms with Crippen molar-refractivity contribution in [2.75, 3.05) is 25.0 Å². The second-order valence-electron chi connectivity index (χ2n) is 8.25. The molecule has 0 bridgehead atoms. The molecule has 32 heavy (non-hydrogen) atoms. The van der Waals surface area contributed by atoms with Crippen LogP contribution in [0.3, 0.4) is 0 Å². The molecular weight excluding hydrogens is 450 g/mol. The molecule has 1 aromatic heterocycles. The molecule has 0 unspecified atom stereocenters. The van der Waals surface area contributed by atoms with Crippen molar-refractivity contribution < 1.29 is 18.0 Å². The minimum absolute atomic E-state index is 0.0226. The third-order valence-corrected chi connectivity index (χ3v) is 8.37. The van der Waals surface area contributed by atoms with Gasteiger partial charge in [0.25, 0.3) is 5.91 Å². The zero-order valence-electron chi connectivity index (χ0n) is 18.1. The third kappa shape index (κ3) is 4.79. The van der Waals surface area contributed by atoms with Crippen LogP contribution >= 0.6 is 11.3 Å². The number of anilines is 1. The fourth-order valence-electron chi connectivity index (χ4n) is 3.85. The summed E-state index contributed by atoms with van der Waals surface area (Å²) in [4.78, 5) is 32.3. The Hall–Kier alpha value is -2.50. The summed E-state index contributed by atoms with van der Waals surface area (Å²) in [5.41, 5.74) is 1.35. The Morgan fingerprint density at radius 2 is 1.78 bits per heavy atom. The molecule has 0 aliphatic carbocycles. The average Bonchev–Trinajstić information content (AvgIpc) is 3.42. The highest BCUT2D eigenvalue weighted by Crippen LogP contribution is 2.29. The summed E-state index contributed by atoms with van der Waals surface area (Å²) in [6.07, 6.45) is 2.36. The first-order valence-electron chi connectivity index (χ1n) is 10.7. The van der Waals surface area contributed by atoms with E-state index in [9.17, 15) is 18.0 Å². The van der Waals surface area contributed by atoms with E-state index in [-0.39, 0.29) is 22.9 Å². The van der Waals surface area contributed by atoms with Crippen LogP contribution in [-0.2, 0) is 23.0 Å². The second kappa shape index (κ2) is 9.16. The molecule has 172 valence electrons. The molecule has 0 saturated carbocycles. The van der Waals surface area contributed by atoms with Gasteiger partial charge in [0.1, 0.15) is 0 Å². The molecule has 3 amide bonds. The number of thiazole rings is 1. The smallest absolute Gasteiger partial charge is 0.321 e. The van der Waals surface area contributed by atoms with Gasteiger partial charge in [-0.15, -0.1) is 0 Å². The first-order valence-corrected chi connectivity index (χ1v) is 13.0. The first kappa shape index (κ1) is 22.7. The number of urea groups is 1. The molecule has 1 fully saturated rings. The number of aromatic nitrogens is 1. The molecule has 0 spiro atoms. The van der Waals surface area contributed by atoms with E-state index in [0.717, 1.165) is 23.4 Å². The summed E-state index contributed by atoms with van der Waals surface area (Å²) < 4.78 is 26.9. The molecule has 0 radical (unpaired) electrons. The molecule has 0 atom stereocenters. The van der Waals surface area contributed by atoms with Crippen molar-refractivity contribution in [1.82, 2.24) is 19.5 Å². The lowest BCUT2D eigenvalue weighted by molar-refractivity contribution is 0.0736. The topological polar surface area (TPSA) is 112 Å². The molecule has 2 N–H and O–H groups in total. The number of amides is 3. The number of hydrogen-bond donors (Lipinski definition) is 2. The first-order chi connectivity index (χ1) is 15.2. The fourth-order valence-corrected chi connectivity index (χ4v) is 6.38. The highest BCUT2D eigenvalue weighted by Gasteiger charge is 2.28. The Balaban J connectivity index is 1.42. The minimum atomic E-state index is -3.50. The molecular formula is C21H27N5O4S2. The van der Waals surface area contributed by atoms with Gasteiger partial charge in [0.2, 0.25) is 10.0 Å². The number of benzene rings is 1. The van der Waals surface area contributed by atoms with E-state index in [2.05, 4.69) is 15.6 Å². The maximum atomic E-state index is 13.0. The number of sulfonamides is 1. The van der Waals surface area contributed by atoms with Crippen LogP contribution in [0.2, 0.25) is 0 Å². The second-order valence-corrected chi connectivity index (χ2v) is 11.3. The molecule has 9 nitrogen and oxygen atoms in total. The quantitative estimate of drug-likeness (QED) is 0.688. The van der Waals surface area contributed by atoms with E-state index in [0.29, 0.717) is 43.3 Å². The van der Waals surface area contributed by atoms with Crippen LogP contribution in [0.15, 0.2) is 29.2 Å². The van der Waals surface area contributed by atoms with Crippen LogP contribution in [0, 0.1) is 0 Å². The Kier molecular flexibility index (Phi) is 6.50. The van der Waals surface area contributed by atoms with Crippen LogP contribution in [0.25, 0.3) is 0 Å². The number of carbonyl (C=O) groups is 2. The van der Waals surface area contributed by atoms with Gasteiger partial charge in [-0.1, -0.05) is 11.3 Å². The molecule has 1 aromatic carbocycles. The van der Waals surface area contributed by atoms with Gasteiger partial charge in [0.15, 0.2) is 5.13 Å². The lowest BCUT2D eigenvalue weighted by Gasteiger charge is -2.26. The largest absolute Gasteiger partial charge is 0.336 e. The molecule has 1 saturated heterocycles. The Morgan fingerprint density at radius 1 is 1.09 bits per heavy atom. The lowest BCUT2D eigenvalue weighted by atomic mass is 10.1. The van der Waals surface area contributed by atoms with Crippen LogP contribution in [-0.4, -0.2) is 60.2 Å². The third-order valence-electron chi connectivity index (χ3n) is 5.46. The Labute approximate surface area is 191 Å². The summed E-state index contributed by atoms with van der Waals surface area (Å²) in [6, 6.07) is 5.90. The van der Waals surface area contributed by atoms with Gasteiger partial charge >= 0.3 is 6.03 Å². The number of rotatable bonds is 5. The van der Waals surface area contributed by atoms with E-state index >= 15 is 0 Å². The Bertz CT molecular complexity index is 1110. The van der Waals surface area contributed by atoms with Gasteiger partial charge < -0.3 is 10.2 Å². The van der Waals surface area contributed by atoms with E-state index in [1.165, 1.54) is 27.8 Å². The van der Waals surface area contributed by atoms with Gasteiger partial charge in [0, 0.05) is 42.5 Å². The summed E-state index contributed by atoms with van der Waals surface area (Å²) >= 11 is 1.37. The zero-order chi connectivity index (χ0) is 22.9. The highest BCUT2D eigenvalue weighted by atomic mass is 32.2. The van der Waals surface area contributed by atoms with Gasteiger partial charge in [-0.05, 0) is 51.0 Å². The summed E-state index contributed by atoms with van der Waals surface area (Å²) in [5.74, 6) is -0.152. The fraction of sp³-hybridized carbons (Fsp3) is 0.476. The lowest BCUT2D eigenvalue weighted by Crippen LogP contribution is -2.35. The predicted octanol–water partition coefficient (Wildman–Crippen LogP) is 2.66. The van der Waals surface area contributed by atoms with Crippen molar-refractivity contribution in [2.24, 2.45) is 0 Å². The van der Waals surface area contributed by atoms with Crippen LogP contribution in [0.4, 0.5) is 9.93 Å². The molecule has 11 heteroatoms. The van der Waals surface area contributed by atoms with Crippen molar-refractivity contribution in [2.45, 2.75) is 50.6 Å². The number of fused-ring (bicyclic) bond motifs is 1. The van der Waals surface area contributed by atoms with Crippen LogP contribution in [0.5, 0.6) is 0 Å². The summed E-state index contributed by atoms with van der Waals surface area (Å²) in [6.45, 7) is 5.77. The molecule has 2 aliphatic rings. The van der Waals surface area contributed by atoms with E-state index < -0.39 is 10.0 Å². The standard InChI is InChI=1S/C21H27N5O4S2/c1-14(2)22-20(28)24-21-23-17-9-12-25(13-18(17)31-21)19(27)15-5-7-16(8-6-15)32(29,30)26-10-3-4-11-26/h5-8,14H,3-4,9-13H2,1-2H3,(H2,22,23,24,28). The summed E-state index contributed by atoms with van der Waals surface area (Å²) in [7, 11) is -3.50. The van der Waals surface area contributed by atoms with Gasteiger partial charge in [0.05, 0.1) is 17.1 Å². The van der Waals surface area contributed by atoms with Crippen molar-refractivity contribution in [3.63, 3.8) is 0 Å². The monoisotopic (exact) mass is 477 g/mol. The van der Waals surface area contributed by atoms with Crippen molar-refractivity contribution in [3.8, 4) is 0 Å². The maximum Gasteiger partial charge on any atom is 0.321 e. The van der Waals surface area contributed by atoms with E-state index in [1.54, 1.807) is 17.0 Å². The number of carbonyl (C=O) groups excluding carboxylic acids is 2. The Morgan fingerprint density at radius 3 is 2.44 bits per heavy atom. The van der Waals surface area contributed by atoms with Gasteiger partial charge in [-0.25, -0.2) is 18.2 Å². The van der Waals surface area contributed by atoms with Crippen molar-refractivity contribution in [3.05, 3.63) is 40.4 Å². The molecule has 2 aliphatic heterocycles. The zero-order valence-corrected chi connectivity index (χ0v) is 19.8. The maximum absolute atomic E-state index is 13.0. The SMILES string of the molecule is CC(C)NC(=O)Nc1nc2c(s1)CN(C(=O)c1ccc(S(=O)(=O)N3CCCC3)cc1)CC2. The van der Waals surface area contributed by atoms with E-state index in [4.69, 9.17) is 0 Å². The van der Waals surface area contributed by atoms with Gasteiger partial charge in [-0.3, -0.25) is 10.1 Å². The van der Waals surface area contributed by atoms with Gasteiger partial charge in [-0.2, -0.15) is 4.31 Å². The molecule has 3 heterocycles. The van der Waals surface area contributed by atoms with Crippen LogP contribution in [0.1, 0.15) is 47.6 Å². The number of nitrogens with zero attached hydrogens (tertiary/aromatic N) is 3. The van der Waals surface area contributed by atoms with Crippen molar-refractivity contribution >= 4 is 38.4 Å². The molecule has 4 rings (SSSR count). The average molecular weight is 478 g/mol. The molecule has 2 aromatic rings. The highest BCUT2D eigenvalue weighted by molar-refractivity contribution is 7.89. The van der Waals surface area contributed by atoms with Crippen molar-refractivity contribution in [1.29, 1.82) is 0 Å². The van der Waals surface area contributed by atoms with E-state index in [1.807, 2.05) is 13.8 Å².